The maximum atomic E-state index is 11.9. The first-order valence-corrected chi connectivity index (χ1v) is 7.18. The first kappa shape index (κ1) is 14.6. The van der Waals surface area contributed by atoms with Gasteiger partial charge in [-0.15, -0.1) is 0 Å². The monoisotopic (exact) mass is 281 g/mol. The van der Waals surface area contributed by atoms with E-state index in [-0.39, 0.29) is 17.1 Å². The molecule has 2 rings (SSSR count). The molecular weight excluding hydrogens is 261 g/mol. The minimum atomic E-state index is -0.390. The van der Waals surface area contributed by atoms with Crippen LogP contribution in [0.25, 0.3) is 0 Å². The van der Waals surface area contributed by atoms with Crippen molar-refractivity contribution < 1.29 is 14.1 Å². The van der Waals surface area contributed by atoms with Crippen molar-refractivity contribution in [3.05, 3.63) is 17.0 Å². The van der Waals surface area contributed by atoms with Crippen molar-refractivity contribution in [1.82, 2.24) is 4.90 Å². The minimum absolute atomic E-state index is 0.000910. The predicted molar refractivity (Wildman–Crippen MR) is 78.1 cm³/mol. The Morgan fingerprint density at radius 2 is 1.74 bits per heavy atom. The number of rotatable bonds is 2. The van der Waals surface area contributed by atoms with Gasteiger partial charge in [0.25, 0.3) is 5.91 Å². The lowest BCUT2D eigenvalue weighted by molar-refractivity contribution is 0.00578. The van der Waals surface area contributed by atoms with E-state index in [4.69, 9.17) is 9.31 Å². The van der Waals surface area contributed by atoms with Crippen molar-refractivity contribution in [2.24, 2.45) is 0 Å². The van der Waals surface area contributed by atoms with Crippen LogP contribution in [0.5, 0.6) is 0 Å². The van der Waals surface area contributed by atoms with E-state index < -0.39 is 7.12 Å². The Balaban J connectivity index is 2.20. The van der Waals surface area contributed by atoms with Crippen molar-refractivity contribution in [3.63, 3.8) is 0 Å². The number of hydrogen-bond donors (Lipinski definition) is 0. The second-order valence-corrected chi connectivity index (χ2v) is 6.97. The van der Waals surface area contributed by atoms with Crippen LogP contribution >= 0.6 is 11.3 Å². The lowest BCUT2D eigenvalue weighted by Crippen LogP contribution is -2.41. The Morgan fingerprint density at radius 3 is 2.21 bits per heavy atom. The average molecular weight is 281 g/mol. The zero-order valence-electron chi connectivity index (χ0n) is 12.3. The van der Waals surface area contributed by atoms with Gasteiger partial charge in [0, 0.05) is 29.8 Å². The molecule has 0 atom stereocenters. The molecule has 19 heavy (non-hydrogen) atoms. The summed E-state index contributed by atoms with van der Waals surface area (Å²) in [6.07, 6.45) is 0. The summed E-state index contributed by atoms with van der Waals surface area (Å²) in [6.45, 7) is 8.08. The van der Waals surface area contributed by atoms with E-state index >= 15 is 0 Å². The SMILES string of the molecule is CN(C)C(=O)c1csc(B2OC(C)(C)C(C)(C)O2)c1. The molecule has 0 unspecified atom stereocenters. The Hall–Kier alpha value is -0.845. The Kier molecular flexibility index (Phi) is 3.54. The highest BCUT2D eigenvalue weighted by molar-refractivity contribution is 7.21. The van der Waals surface area contributed by atoms with Gasteiger partial charge in [-0.1, -0.05) is 0 Å². The molecule has 0 N–H and O–H groups in total. The van der Waals surface area contributed by atoms with Crippen LogP contribution in [0.3, 0.4) is 0 Å². The molecule has 6 heteroatoms. The molecule has 2 heterocycles. The normalized spacial score (nSPS) is 20.6. The quantitative estimate of drug-likeness (QED) is 0.775. The largest absolute Gasteiger partial charge is 0.505 e. The van der Waals surface area contributed by atoms with Crippen LogP contribution in [0.1, 0.15) is 38.1 Å². The fourth-order valence-electron chi connectivity index (χ4n) is 1.81. The first-order chi connectivity index (χ1) is 8.64. The van der Waals surface area contributed by atoms with Crippen molar-refractivity contribution >= 4 is 29.1 Å². The highest BCUT2D eigenvalue weighted by Crippen LogP contribution is 2.36. The summed E-state index contributed by atoms with van der Waals surface area (Å²) in [5, 5.41) is 1.85. The maximum Gasteiger partial charge on any atom is 0.505 e. The average Bonchev–Trinajstić information content (AvgIpc) is 2.81. The van der Waals surface area contributed by atoms with Gasteiger partial charge < -0.3 is 14.2 Å². The molecule has 1 aromatic rings. The molecule has 1 saturated heterocycles. The van der Waals surface area contributed by atoms with Gasteiger partial charge in [0.1, 0.15) is 0 Å². The predicted octanol–water partition coefficient (Wildman–Crippen LogP) is 1.75. The van der Waals surface area contributed by atoms with E-state index in [1.807, 2.05) is 39.1 Å². The zero-order valence-corrected chi connectivity index (χ0v) is 13.1. The molecule has 0 aromatic carbocycles. The summed E-state index contributed by atoms with van der Waals surface area (Å²) < 4.78 is 12.9. The highest BCUT2D eigenvalue weighted by Gasteiger charge is 2.52. The summed E-state index contributed by atoms with van der Waals surface area (Å²) in [6, 6.07) is 1.86. The Labute approximate surface area is 118 Å². The topological polar surface area (TPSA) is 38.8 Å². The summed E-state index contributed by atoms with van der Waals surface area (Å²) in [4.78, 5) is 13.4. The molecule has 1 fully saturated rings. The highest BCUT2D eigenvalue weighted by atomic mass is 32.1. The van der Waals surface area contributed by atoms with Crippen molar-refractivity contribution in [3.8, 4) is 0 Å². The van der Waals surface area contributed by atoms with Crippen molar-refractivity contribution in [1.29, 1.82) is 0 Å². The van der Waals surface area contributed by atoms with Crippen LogP contribution in [0, 0.1) is 0 Å². The summed E-state index contributed by atoms with van der Waals surface area (Å²) in [7, 11) is 3.10. The molecule has 1 aliphatic rings. The molecule has 104 valence electrons. The van der Waals surface area contributed by atoms with Crippen LogP contribution in [-0.4, -0.2) is 43.2 Å². The van der Waals surface area contributed by atoms with Gasteiger partial charge in [0.2, 0.25) is 0 Å². The van der Waals surface area contributed by atoms with Crippen LogP contribution in [0.4, 0.5) is 0 Å². The molecule has 1 amide bonds. The molecule has 0 spiro atoms. The summed E-state index contributed by atoms with van der Waals surface area (Å²) in [5.41, 5.74) is -0.0273. The van der Waals surface area contributed by atoms with Crippen LogP contribution in [0.2, 0.25) is 0 Å². The third-order valence-electron chi connectivity index (χ3n) is 3.76. The van der Waals surface area contributed by atoms with E-state index in [1.165, 1.54) is 11.3 Å². The van der Waals surface area contributed by atoms with Crippen molar-refractivity contribution in [2.45, 2.75) is 38.9 Å². The number of carbonyl (C=O) groups is 1. The van der Waals surface area contributed by atoms with E-state index in [0.29, 0.717) is 5.56 Å². The van der Waals surface area contributed by atoms with E-state index in [9.17, 15) is 4.79 Å². The minimum Gasteiger partial charge on any atom is -0.399 e. The van der Waals surface area contributed by atoms with Gasteiger partial charge in [-0.05, 0) is 33.8 Å². The standard InChI is InChI=1S/C13H20BNO3S/c1-12(2)13(3,4)18-14(17-12)10-7-9(8-19-10)11(16)15(5)6/h7-8H,1-6H3. The Morgan fingerprint density at radius 1 is 1.21 bits per heavy atom. The molecular formula is C13H20BNO3S. The number of carbonyl (C=O) groups excluding carboxylic acids is 1. The second-order valence-electron chi connectivity index (χ2n) is 6.03. The van der Waals surface area contributed by atoms with Crippen molar-refractivity contribution in [2.75, 3.05) is 14.1 Å². The van der Waals surface area contributed by atoms with E-state index in [0.717, 1.165) is 4.78 Å². The van der Waals surface area contributed by atoms with E-state index in [2.05, 4.69) is 0 Å². The summed E-state index contributed by atoms with van der Waals surface area (Å²) >= 11 is 1.50. The first-order valence-electron chi connectivity index (χ1n) is 6.30. The molecule has 4 nitrogen and oxygen atoms in total. The molecule has 1 aliphatic heterocycles. The van der Waals surface area contributed by atoms with Crippen LogP contribution in [-0.2, 0) is 9.31 Å². The molecule has 0 aliphatic carbocycles. The third kappa shape index (κ3) is 2.57. The number of nitrogens with zero attached hydrogens (tertiary/aromatic N) is 1. The van der Waals surface area contributed by atoms with Crippen LogP contribution < -0.4 is 4.78 Å². The molecule has 1 aromatic heterocycles. The van der Waals surface area contributed by atoms with E-state index in [1.54, 1.807) is 19.0 Å². The third-order valence-corrected chi connectivity index (χ3v) is 4.71. The second kappa shape index (κ2) is 4.61. The van der Waals surface area contributed by atoms with Gasteiger partial charge >= 0.3 is 7.12 Å². The van der Waals surface area contributed by atoms with Crippen LogP contribution in [0.15, 0.2) is 11.4 Å². The lowest BCUT2D eigenvalue weighted by Gasteiger charge is -2.32. The summed E-state index contributed by atoms with van der Waals surface area (Å²) in [5.74, 6) is -0.000910. The number of hydrogen-bond acceptors (Lipinski definition) is 4. The fourth-order valence-corrected chi connectivity index (χ4v) is 2.64. The van der Waals surface area contributed by atoms with Gasteiger partial charge in [-0.2, -0.15) is 11.3 Å². The molecule has 0 bridgehead atoms. The fraction of sp³-hybridized carbons (Fsp3) is 0.615. The lowest BCUT2D eigenvalue weighted by atomic mass is 9.87. The molecule has 0 saturated carbocycles. The smallest absolute Gasteiger partial charge is 0.399 e. The maximum absolute atomic E-state index is 11.9. The Bertz CT molecular complexity index is 480. The van der Waals surface area contributed by atoms with Gasteiger partial charge in [0.15, 0.2) is 0 Å². The van der Waals surface area contributed by atoms with Gasteiger partial charge in [-0.25, -0.2) is 0 Å². The van der Waals surface area contributed by atoms with Gasteiger partial charge in [0.05, 0.1) is 11.2 Å². The number of thiophene rings is 1. The molecule has 0 radical (unpaired) electrons. The zero-order chi connectivity index (χ0) is 14.4. The van der Waals surface area contributed by atoms with Gasteiger partial charge in [-0.3, -0.25) is 4.79 Å². The number of amides is 1.